The molecule has 94 valence electrons. The summed E-state index contributed by atoms with van der Waals surface area (Å²) in [6, 6.07) is 0. The van der Waals surface area contributed by atoms with E-state index in [4.69, 9.17) is 9.26 Å². The highest BCUT2D eigenvalue weighted by Crippen LogP contribution is 2.37. The Kier molecular flexibility index (Phi) is 3.89. The Balaban J connectivity index is 2.27. The summed E-state index contributed by atoms with van der Waals surface area (Å²) in [6.07, 6.45) is 7.01. The summed E-state index contributed by atoms with van der Waals surface area (Å²) in [4.78, 5) is 14.7. The number of carbonyl (C=O) groups is 1. The quantitative estimate of drug-likeness (QED) is 0.595. The highest BCUT2D eigenvalue weighted by atomic mass is 16.5. The average molecular weight is 238 g/mol. The first-order valence-corrected chi connectivity index (χ1v) is 6.24. The Morgan fingerprint density at radius 3 is 2.59 bits per heavy atom. The van der Waals surface area contributed by atoms with Crippen LogP contribution in [0, 0.1) is 0 Å². The Morgan fingerprint density at radius 2 is 2.06 bits per heavy atom. The van der Waals surface area contributed by atoms with E-state index in [-0.39, 0.29) is 5.89 Å². The fourth-order valence-electron chi connectivity index (χ4n) is 2.48. The van der Waals surface area contributed by atoms with Crippen LogP contribution < -0.4 is 0 Å². The van der Waals surface area contributed by atoms with Crippen molar-refractivity contribution in [3.05, 3.63) is 11.7 Å². The van der Waals surface area contributed by atoms with Crippen LogP contribution in [0.15, 0.2) is 4.52 Å². The summed E-state index contributed by atoms with van der Waals surface area (Å²) in [5.74, 6) is 0.562. The van der Waals surface area contributed by atoms with Crippen molar-refractivity contribution in [1.82, 2.24) is 10.1 Å². The summed E-state index contributed by atoms with van der Waals surface area (Å²) in [6.45, 7) is 2.58. The molecule has 2 rings (SSSR count). The van der Waals surface area contributed by atoms with E-state index in [9.17, 15) is 4.79 Å². The Bertz CT molecular complexity index is 368. The van der Waals surface area contributed by atoms with Crippen LogP contribution in [0.3, 0.4) is 0 Å². The first-order chi connectivity index (χ1) is 8.30. The van der Waals surface area contributed by atoms with Gasteiger partial charge in [-0.1, -0.05) is 30.8 Å². The Hall–Kier alpha value is -1.23. The van der Waals surface area contributed by atoms with E-state index in [0.29, 0.717) is 18.7 Å². The second-order valence-corrected chi connectivity index (χ2v) is 4.42. The molecule has 0 spiro atoms. The molecule has 0 radical (unpaired) electrons. The Morgan fingerprint density at radius 1 is 1.35 bits per heavy atom. The predicted molar refractivity (Wildman–Crippen MR) is 60.7 cm³/mol. The zero-order chi connectivity index (χ0) is 12.1. The van der Waals surface area contributed by atoms with Crippen LogP contribution in [-0.4, -0.2) is 23.0 Å². The van der Waals surface area contributed by atoms with E-state index in [2.05, 4.69) is 10.1 Å². The molecule has 0 aromatic carbocycles. The maximum Gasteiger partial charge on any atom is 0.290 e. The maximum atomic E-state index is 10.6. The van der Waals surface area contributed by atoms with E-state index in [0.717, 1.165) is 25.7 Å². The lowest BCUT2D eigenvalue weighted by atomic mass is 9.93. The molecule has 1 aromatic heterocycles. The third-order valence-corrected chi connectivity index (χ3v) is 3.28. The van der Waals surface area contributed by atoms with E-state index in [1.807, 2.05) is 6.92 Å². The van der Waals surface area contributed by atoms with E-state index in [1.165, 1.54) is 12.8 Å². The number of carbonyl (C=O) groups excluding carboxylic acids is 1. The zero-order valence-corrected chi connectivity index (χ0v) is 10.1. The lowest BCUT2D eigenvalue weighted by Gasteiger charge is -2.29. The van der Waals surface area contributed by atoms with Gasteiger partial charge in [-0.15, -0.1) is 0 Å². The zero-order valence-electron chi connectivity index (χ0n) is 10.1. The molecule has 0 amide bonds. The lowest BCUT2D eigenvalue weighted by molar-refractivity contribution is -0.0636. The van der Waals surface area contributed by atoms with Crippen molar-refractivity contribution in [3.8, 4) is 0 Å². The molecule has 5 heteroatoms. The van der Waals surface area contributed by atoms with Crippen molar-refractivity contribution in [1.29, 1.82) is 0 Å². The van der Waals surface area contributed by atoms with Crippen LogP contribution in [-0.2, 0) is 10.3 Å². The van der Waals surface area contributed by atoms with Gasteiger partial charge in [0.2, 0.25) is 12.1 Å². The average Bonchev–Trinajstić information content (AvgIpc) is 2.71. The molecule has 0 bridgehead atoms. The standard InChI is InChI=1S/C12H18N2O3/c1-2-16-12(7-5-3-4-6-8-12)11-13-10(9-15)17-14-11/h9H,2-8H2,1H3. The second kappa shape index (κ2) is 5.40. The molecule has 0 N–H and O–H groups in total. The first kappa shape index (κ1) is 12.2. The van der Waals surface area contributed by atoms with E-state index >= 15 is 0 Å². The highest BCUT2D eigenvalue weighted by molar-refractivity contribution is 5.67. The van der Waals surface area contributed by atoms with Gasteiger partial charge in [-0.05, 0) is 19.8 Å². The van der Waals surface area contributed by atoms with Gasteiger partial charge in [0.15, 0.2) is 0 Å². The van der Waals surface area contributed by atoms with Gasteiger partial charge >= 0.3 is 0 Å². The Labute approximate surface area is 101 Å². The van der Waals surface area contributed by atoms with Gasteiger partial charge in [-0.25, -0.2) is 0 Å². The number of ether oxygens (including phenoxy) is 1. The highest BCUT2D eigenvalue weighted by Gasteiger charge is 2.38. The molecule has 1 heterocycles. The molecular weight excluding hydrogens is 220 g/mol. The molecule has 1 aliphatic carbocycles. The van der Waals surface area contributed by atoms with Gasteiger partial charge in [0.1, 0.15) is 5.60 Å². The summed E-state index contributed by atoms with van der Waals surface area (Å²) < 4.78 is 10.8. The SMILES string of the molecule is CCOC1(c2noc(C=O)n2)CCCCCC1. The van der Waals surface area contributed by atoms with Crippen LogP contribution in [0.4, 0.5) is 0 Å². The van der Waals surface area contributed by atoms with Crippen LogP contribution in [0.1, 0.15) is 62.0 Å². The molecule has 0 saturated heterocycles. The molecule has 1 aliphatic rings. The van der Waals surface area contributed by atoms with Crippen molar-refractivity contribution >= 4 is 6.29 Å². The maximum absolute atomic E-state index is 10.6. The number of nitrogens with zero attached hydrogens (tertiary/aromatic N) is 2. The van der Waals surface area contributed by atoms with Crippen molar-refractivity contribution < 1.29 is 14.1 Å². The van der Waals surface area contributed by atoms with Gasteiger partial charge in [0.25, 0.3) is 5.89 Å². The molecule has 5 nitrogen and oxygen atoms in total. The van der Waals surface area contributed by atoms with Gasteiger partial charge in [-0.2, -0.15) is 4.98 Å². The normalized spacial score (nSPS) is 19.8. The van der Waals surface area contributed by atoms with Crippen LogP contribution in [0.2, 0.25) is 0 Å². The third-order valence-electron chi connectivity index (χ3n) is 3.28. The minimum Gasteiger partial charge on any atom is -0.367 e. The second-order valence-electron chi connectivity index (χ2n) is 4.42. The molecule has 1 saturated carbocycles. The summed E-state index contributed by atoms with van der Waals surface area (Å²) in [7, 11) is 0. The number of rotatable bonds is 4. The minimum atomic E-state index is -0.448. The van der Waals surface area contributed by atoms with Crippen LogP contribution >= 0.6 is 0 Å². The van der Waals surface area contributed by atoms with Crippen molar-refractivity contribution in [2.24, 2.45) is 0 Å². The summed E-state index contributed by atoms with van der Waals surface area (Å²) in [5, 5.41) is 3.90. The lowest BCUT2D eigenvalue weighted by Crippen LogP contribution is -2.30. The topological polar surface area (TPSA) is 65.2 Å². The fourth-order valence-corrected chi connectivity index (χ4v) is 2.48. The van der Waals surface area contributed by atoms with Gasteiger partial charge < -0.3 is 9.26 Å². The van der Waals surface area contributed by atoms with Crippen molar-refractivity contribution in [3.63, 3.8) is 0 Å². The molecule has 1 aromatic rings. The molecule has 0 aliphatic heterocycles. The third kappa shape index (κ3) is 2.54. The van der Waals surface area contributed by atoms with Gasteiger partial charge in [-0.3, -0.25) is 4.79 Å². The monoisotopic (exact) mass is 238 g/mol. The van der Waals surface area contributed by atoms with Crippen LogP contribution in [0.5, 0.6) is 0 Å². The minimum absolute atomic E-state index is 0.0309. The summed E-state index contributed by atoms with van der Waals surface area (Å²) >= 11 is 0. The smallest absolute Gasteiger partial charge is 0.290 e. The number of hydrogen-bond acceptors (Lipinski definition) is 5. The number of aldehydes is 1. The molecular formula is C12H18N2O3. The number of aromatic nitrogens is 2. The first-order valence-electron chi connectivity index (χ1n) is 6.24. The fraction of sp³-hybridized carbons (Fsp3) is 0.750. The van der Waals surface area contributed by atoms with E-state index < -0.39 is 5.60 Å². The van der Waals surface area contributed by atoms with Crippen molar-refractivity contribution in [2.75, 3.05) is 6.61 Å². The molecule has 0 atom stereocenters. The molecule has 17 heavy (non-hydrogen) atoms. The van der Waals surface area contributed by atoms with Crippen molar-refractivity contribution in [2.45, 2.75) is 51.0 Å². The largest absolute Gasteiger partial charge is 0.367 e. The van der Waals surface area contributed by atoms with Gasteiger partial charge in [0.05, 0.1) is 0 Å². The molecule has 0 unspecified atom stereocenters. The predicted octanol–water partition coefficient (Wildman–Crippen LogP) is 2.47. The van der Waals surface area contributed by atoms with Crippen LogP contribution in [0.25, 0.3) is 0 Å². The van der Waals surface area contributed by atoms with E-state index in [1.54, 1.807) is 0 Å². The number of hydrogen-bond donors (Lipinski definition) is 0. The van der Waals surface area contributed by atoms with Gasteiger partial charge in [0, 0.05) is 6.61 Å². The molecule has 1 fully saturated rings. The summed E-state index contributed by atoms with van der Waals surface area (Å²) in [5.41, 5.74) is -0.448.